The van der Waals surface area contributed by atoms with Crippen molar-refractivity contribution < 1.29 is 4.74 Å². The summed E-state index contributed by atoms with van der Waals surface area (Å²) in [5.74, 6) is 0.805. The van der Waals surface area contributed by atoms with Crippen LogP contribution in [0.15, 0.2) is 36.9 Å². The Morgan fingerprint density at radius 3 is 2.76 bits per heavy atom. The summed E-state index contributed by atoms with van der Waals surface area (Å²) in [5, 5.41) is 3.58. The van der Waals surface area contributed by atoms with Gasteiger partial charge in [0.2, 0.25) is 0 Å². The lowest BCUT2D eigenvalue weighted by molar-refractivity contribution is 0.338. The third-order valence-corrected chi connectivity index (χ3v) is 3.37. The van der Waals surface area contributed by atoms with Crippen molar-refractivity contribution >= 4 is 0 Å². The summed E-state index contributed by atoms with van der Waals surface area (Å²) in [6, 6.07) is 4.18. The van der Waals surface area contributed by atoms with Gasteiger partial charge >= 0.3 is 0 Å². The lowest BCUT2D eigenvalue weighted by atomic mass is 9.97. The fraction of sp³-hybridized carbons (Fsp3) is 0.412. The van der Waals surface area contributed by atoms with E-state index in [1.165, 1.54) is 11.1 Å². The van der Waals surface area contributed by atoms with Crippen LogP contribution >= 0.6 is 0 Å². The van der Waals surface area contributed by atoms with Gasteiger partial charge in [0.25, 0.3) is 0 Å². The normalized spacial score (nSPS) is 12.1. The molecular weight excluding hydrogens is 262 g/mol. The SMILES string of the molecule is CCCNC(c1cncc(OCC)c1)c1cnccc1C. The van der Waals surface area contributed by atoms with Gasteiger partial charge in [-0.05, 0) is 55.6 Å². The van der Waals surface area contributed by atoms with Crippen LogP contribution < -0.4 is 10.1 Å². The number of hydrogen-bond acceptors (Lipinski definition) is 4. The predicted octanol–water partition coefficient (Wildman–Crippen LogP) is 3.27. The van der Waals surface area contributed by atoms with Gasteiger partial charge in [0.15, 0.2) is 0 Å². The van der Waals surface area contributed by atoms with Crippen molar-refractivity contribution in [2.75, 3.05) is 13.2 Å². The number of aryl methyl sites for hydroxylation is 1. The third kappa shape index (κ3) is 4.02. The molecule has 0 aromatic carbocycles. The molecule has 0 aliphatic heterocycles. The van der Waals surface area contributed by atoms with E-state index in [1.54, 1.807) is 6.20 Å². The van der Waals surface area contributed by atoms with Gasteiger partial charge in [-0.3, -0.25) is 9.97 Å². The fourth-order valence-corrected chi connectivity index (χ4v) is 2.31. The number of nitrogens with zero attached hydrogens (tertiary/aromatic N) is 2. The molecule has 2 aromatic heterocycles. The predicted molar refractivity (Wildman–Crippen MR) is 84.5 cm³/mol. The summed E-state index contributed by atoms with van der Waals surface area (Å²) in [6.45, 7) is 7.83. The van der Waals surface area contributed by atoms with Gasteiger partial charge in [0, 0.05) is 18.6 Å². The van der Waals surface area contributed by atoms with Gasteiger partial charge in [0.05, 0.1) is 18.8 Å². The second-order valence-electron chi connectivity index (χ2n) is 5.01. The van der Waals surface area contributed by atoms with E-state index in [-0.39, 0.29) is 6.04 Å². The van der Waals surface area contributed by atoms with Gasteiger partial charge in [-0.15, -0.1) is 0 Å². The summed E-state index contributed by atoms with van der Waals surface area (Å²) < 4.78 is 5.56. The molecule has 4 heteroatoms. The van der Waals surface area contributed by atoms with Crippen LogP contribution in [0.1, 0.15) is 43.0 Å². The Balaban J connectivity index is 2.36. The lowest BCUT2D eigenvalue weighted by Gasteiger charge is -2.21. The van der Waals surface area contributed by atoms with E-state index in [0.717, 1.165) is 24.3 Å². The average molecular weight is 285 g/mol. The standard InChI is InChI=1S/C17H23N3O/c1-4-7-20-17(16-12-18-8-6-13(16)3)14-9-15(21-5-2)11-19-10-14/h6,8-12,17,20H,4-5,7H2,1-3H3. The molecule has 0 aliphatic rings. The molecule has 2 heterocycles. The Morgan fingerprint density at radius 1 is 1.19 bits per heavy atom. The first-order chi connectivity index (χ1) is 10.3. The highest BCUT2D eigenvalue weighted by Gasteiger charge is 2.16. The molecule has 0 spiro atoms. The van der Waals surface area contributed by atoms with E-state index in [1.807, 2.05) is 31.6 Å². The Hall–Kier alpha value is -1.94. The Labute approximate surface area is 126 Å². The molecule has 4 nitrogen and oxygen atoms in total. The zero-order chi connectivity index (χ0) is 15.1. The van der Waals surface area contributed by atoms with Crippen molar-refractivity contribution in [3.05, 3.63) is 53.6 Å². The Morgan fingerprint density at radius 2 is 2.05 bits per heavy atom. The molecule has 21 heavy (non-hydrogen) atoms. The molecule has 112 valence electrons. The summed E-state index contributed by atoms with van der Waals surface area (Å²) in [5.41, 5.74) is 3.51. The summed E-state index contributed by atoms with van der Waals surface area (Å²) in [4.78, 5) is 8.57. The second kappa shape index (κ2) is 7.74. The summed E-state index contributed by atoms with van der Waals surface area (Å²) >= 11 is 0. The maximum atomic E-state index is 5.56. The van der Waals surface area contributed by atoms with Crippen LogP contribution in [0.4, 0.5) is 0 Å². The highest BCUT2D eigenvalue weighted by atomic mass is 16.5. The number of hydrogen-bond donors (Lipinski definition) is 1. The van der Waals surface area contributed by atoms with Crippen LogP contribution in [-0.4, -0.2) is 23.1 Å². The van der Waals surface area contributed by atoms with Gasteiger partial charge in [-0.1, -0.05) is 6.92 Å². The zero-order valence-electron chi connectivity index (χ0n) is 13.0. The van der Waals surface area contributed by atoms with E-state index in [9.17, 15) is 0 Å². The molecule has 0 saturated heterocycles. The molecule has 0 aliphatic carbocycles. The number of rotatable bonds is 7. The number of nitrogens with one attached hydrogen (secondary N) is 1. The van der Waals surface area contributed by atoms with Crippen molar-refractivity contribution in [1.29, 1.82) is 0 Å². The Kier molecular flexibility index (Phi) is 5.69. The van der Waals surface area contributed by atoms with Crippen LogP contribution in [0.5, 0.6) is 5.75 Å². The first-order valence-corrected chi connectivity index (χ1v) is 7.47. The van der Waals surface area contributed by atoms with E-state index < -0.39 is 0 Å². The molecule has 0 fully saturated rings. The van der Waals surface area contributed by atoms with E-state index >= 15 is 0 Å². The largest absolute Gasteiger partial charge is 0.492 e. The molecule has 1 N–H and O–H groups in total. The third-order valence-electron chi connectivity index (χ3n) is 3.37. The minimum Gasteiger partial charge on any atom is -0.492 e. The maximum absolute atomic E-state index is 5.56. The molecule has 0 radical (unpaired) electrons. The average Bonchev–Trinajstić information content (AvgIpc) is 2.50. The molecule has 2 aromatic rings. The van der Waals surface area contributed by atoms with Crippen LogP contribution in [0.3, 0.4) is 0 Å². The van der Waals surface area contributed by atoms with Gasteiger partial charge in [-0.2, -0.15) is 0 Å². The number of pyridine rings is 2. The minimum absolute atomic E-state index is 0.0894. The van der Waals surface area contributed by atoms with Crippen LogP contribution in [0.25, 0.3) is 0 Å². The molecular formula is C17H23N3O. The van der Waals surface area contributed by atoms with Crippen molar-refractivity contribution in [3.63, 3.8) is 0 Å². The van der Waals surface area contributed by atoms with Gasteiger partial charge < -0.3 is 10.1 Å². The second-order valence-corrected chi connectivity index (χ2v) is 5.01. The van der Waals surface area contributed by atoms with Crippen molar-refractivity contribution in [3.8, 4) is 5.75 Å². The molecule has 0 amide bonds. The molecule has 2 rings (SSSR count). The van der Waals surface area contributed by atoms with Crippen molar-refractivity contribution in [1.82, 2.24) is 15.3 Å². The van der Waals surface area contributed by atoms with Crippen molar-refractivity contribution in [2.24, 2.45) is 0 Å². The Bertz CT molecular complexity index is 571. The van der Waals surface area contributed by atoms with E-state index in [0.29, 0.717) is 6.61 Å². The topological polar surface area (TPSA) is 47.0 Å². The summed E-state index contributed by atoms with van der Waals surface area (Å²) in [7, 11) is 0. The first kappa shape index (κ1) is 15.4. The fourth-order valence-electron chi connectivity index (χ4n) is 2.31. The van der Waals surface area contributed by atoms with Crippen molar-refractivity contribution in [2.45, 2.75) is 33.2 Å². The lowest BCUT2D eigenvalue weighted by Crippen LogP contribution is -2.24. The molecule has 0 saturated carbocycles. The number of ether oxygens (including phenoxy) is 1. The monoisotopic (exact) mass is 285 g/mol. The van der Waals surface area contributed by atoms with Crippen LogP contribution in [0.2, 0.25) is 0 Å². The van der Waals surface area contributed by atoms with Gasteiger partial charge in [-0.25, -0.2) is 0 Å². The van der Waals surface area contributed by atoms with E-state index in [4.69, 9.17) is 4.74 Å². The van der Waals surface area contributed by atoms with E-state index in [2.05, 4.69) is 35.2 Å². The van der Waals surface area contributed by atoms with Gasteiger partial charge in [0.1, 0.15) is 5.75 Å². The van der Waals surface area contributed by atoms with Crippen LogP contribution in [-0.2, 0) is 0 Å². The highest BCUT2D eigenvalue weighted by Crippen LogP contribution is 2.26. The zero-order valence-corrected chi connectivity index (χ0v) is 13.0. The van der Waals surface area contributed by atoms with Crippen LogP contribution in [0, 0.1) is 6.92 Å². The molecule has 0 bridgehead atoms. The maximum Gasteiger partial charge on any atom is 0.137 e. The first-order valence-electron chi connectivity index (χ1n) is 7.47. The molecule has 1 unspecified atom stereocenters. The summed E-state index contributed by atoms with van der Waals surface area (Å²) in [6.07, 6.45) is 8.47. The molecule has 1 atom stereocenters. The number of aromatic nitrogens is 2. The minimum atomic E-state index is 0.0894. The highest BCUT2D eigenvalue weighted by molar-refractivity contribution is 5.36. The smallest absolute Gasteiger partial charge is 0.137 e. The quantitative estimate of drug-likeness (QED) is 0.848.